The summed E-state index contributed by atoms with van der Waals surface area (Å²) in [5, 5.41) is 3.40. The molecule has 2 atom stereocenters. The summed E-state index contributed by atoms with van der Waals surface area (Å²) in [5.74, 6) is 0.902. The van der Waals surface area contributed by atoms with Gasteiger partial charge in [-0.1, -0.05) is 26.7 Å². The van der Waals surface area contributed by atoms with Crippen molar-refractivity contribution in [1.82, 2.24) is 10.2 Å². The maximum absolute atomic E-state index is 12.2. The summed E-state index contributed by atoms with van der Waals surface area (Å²) >= 11 is 0. The molecule has 0 radical (unpaired) electrons. The molecule has 0 aromatic carbocycles. The molecule has 0 aromatic heterocycles. The molecule has 1 heterocycles. The number of rotatable bonds is 4. The van der Waals surface area contributed by atoms with Crippen LogP contribution >= 0.6 is 0 Å². The molecule has 3 nitrogen and oxygen atoms in total. The van der Waals surface area contributed by atoms with E-state index in [2.05, 4.69) is 37.9 Å². The molecule has 1 saturated heterocycles. The first-order valence-corrected chi connectivity index (χ1v) is 6.62. The van der Waals surface area contributed by atoms with Crippen LogP contribution in [0.15, 0.2) is 0 Å². The molecule has 2 unspecified atom stereocenters. The average molecular weight is 226 g/mol. The van der Waals surface area contributed by atoms with Crippen LogP contribution in [0.3, 0.4) is 0 Å². The monoisotopic (exact) mass is 226 g/mol. The highest BCUT2D eigenvalue weighted by molar-refractivity contribution is 5.77. The van der Waals surface area contributed by atoms with Gasteiger partial charge in [-0.05, 0) is 19.8 Å². The second-order valence-corrected chi connectivity index (χ2v) is 4.96. The number of carbonyl (C=O) groups excluding carboxylic acids is 1. The van der Waals surface area contributed by atoms with E-state index in [1.165, 1.54) is 0 Å². The largest absolute Gasteiger partial charge is 0.337 e. The average Bonchev–Trinajstić information content (AvgIpc) is 2.29. The van der Waals surface area contributed by atoms with Crippen molar-refractivity contribution in [3.63, 3.8) is 0 Å². The molecule has 0 bridgehead atoms. The molecular formula is C13H26N2O. The Kier molecular flexibility index (Phi) is 5.26. The van der Waals surface area contributed by atoms with Gasteiger partial charge in [0.25, 0.3) is 0 Å². The third kappa shape index (κ3) is 3.21. The van der Waals surface area contributed by atoms with Gasteiger partial charge in [0.15, 0.2) is 0 Å². The lowest BCUT2D eigenvalue weighted by molar-refractivity contribution is -0.135. The summed E-state index contributed by atoms with van der Waals surface area (Å²) in [4.78, 5) is 14.2. The lowest BCUT2D eigenvalue weighted by atomic mass is 9.97. The van der Waals surface area contributed by atoms with Crippen molar-refractivity contribution < 1.29 is 4.79 Å². The zero-order valence-corrected chi connectivity index (χ0v) is 11.1. The summed E-state index contributed by atoms with van der Waals surface area (Å²) < 4.78 is 0. The first kappa shape index (κ1) is 13.5. The van der Waals surface area contributed by atoms with Crippen LogP contribution in [0.1, 0.15) is 47.0 Å². The molecule has 1 N–H and O–H groups in total. The lowest BCUT2D eigenvalue weighted by Crippen LogP contribution is -2.57. The van der Waals surface area contributed by atoms with E-state index < -0.39 is 0 Å². The van der Waals surface area contributed by atoms with Crippen LogP contribution in [-0.4, -0.2) is 36.0 Å². The maximum atomic E-state index is 12.2. The van der Waals surface area contributed by atoms with Crippen molar-refractivity contribution >= 4 is 5.91 Å². The highest BCUT2D eigenvalue weighted by atomic mass is 16.2. The number of piperazine rings is 1. The number of amides is 1. The zero-order valence-electron chi connectivity index (χ0n) is 11.1. The predicted molar refractivity (Wildman–Crippen MR) is 67.3 cm³/mol. The van der Waals surface area contributed by atoms with Crippen LogP contribution in [0.5, 0.6) is 0 Å². The quantitative estimate of drug-likeness (QED) is 0.795. The van der Waals surface area contributed by atoms with E-state index in [0.29, 0.717) is 23.9 Å². The Morgan fingerprint density at radius 2 is 2.00 bits per heavy atom. The number of hydrogen-bond donors (Lipinski definition) is 1. The summed E-state index contributed by atoms with van der Waals surface area (Å²) in [6.45, 7) is 10.4. The van der Waals surface area contributed by atoms with E-state index in [0.717, 1.165) is 32.4 Å². The second kappa shape index (κ2) is 6.24. The van der Waals surface area contributed by atoms with Gasteiger partial charge < -0.3 is 10.2 Å². The molecule has 1 aliphatic rings. The second-order valence-electron chi connectivity index (χ2n) is 4.96. The molecule has 0 aliphatic carbocycles. The van der Waals surface area contributed by atoms with Crippen molar-refractivity contribution in [2.75, 3.05) is 13.1 Å². The summed E-state index contributed by atoms with van der Waals surface area (Å²) in [7, 11) is 0. The van der Waals surface area contributed by atoms with Gasteiger partial charge in [-0.15, -0.1) is 0 Å². The van der Waals surface area contributed by atoms with Gasteiger partial charge in [-0.25, -0.2) is 0 Å². The van der Waals surface area contributed by atoms with E-state index in [9.17, 15) is 4.79 Å². The molecule has 16 heavy (non-hydrogen) atoms. The number of carbonyl (C=O) groups is 1. The van der Waals surface area contributed by atoms with Crippen LogP contribution in [0, 0.1) is 5.92 Å². The Bertz CT molecular complexity index is 226. The summed E-state index contributed by atoms with van der Waals surface area (Å²) in [6, 6.07) is 0.745. The first-order chi connectivity index (χ1) is 7.60. The molecule has 1 fully saturated rings. The van der Waals surface area contributed by atoms with Crippen molar-refractivity contribution in [1.29, 1.82) is 0 Å². The number of hydrogen-bond acceptors (Lipinski definition) is 2. The Balaban J connectivity index is 2.52. The standard InChI is InChI=1S/C13H26N2O/c1-5-12(6-2)9-13(16)15-8-7-14-10(3)11(15)4/h10-12,14H,5-9H2,1-4H3. The number of nitrogens with one attached hydrogen (secondary N) is 1. The molecule has 0 aromatic rings. The fourth-order valence-electron chi connectivity index (χ4n) is 2.35. The Labute approximate surface area is 99.6 Å². The van der Waals surface area contributed by atoms with Crippen LogP contribution < -0.4 is 5.32 Å². The molecular weight excluding hydrogens is 200 g/mol. The normalized spacial score (nSPS) is 26.2. The Hall–Kier alpha value is -0.570. The van der Waals surface area contributed by atoms with Gasteiger partial charge in [-0.3, -0.25) is 4.79 Å². The van der Waals surface area contributed by atoms with E-state index in [-0.39, 0.29) is 0 Å². The molecule has 0 saturated carbocycles. The van der Waals surface area contributed by atoms with Gasteiger partial charge in [0.1, 0.15) is 0 Å². The molecule has 1 rings (SSSR count). The van der Waals surface area contributed by atoms with Crippen molar-refractivity contribution in [2.45, 2.75) is 59.0 Å². The van der Waals surface area contributed by atoms with E-state index in [4.69, 9.17) is 0 Å². The highest BCUT2D eigenvalue weighted by Crippen LogP contribution is 2.17. The molecule has 1 amide bonds. The molecule has 0 spiro atoms. The van der Waals surface area contributed by atoms with Crippen LogP contribution in [-0.2, 0) is 4.79 Å². The smallest absolute Gasteiger partial charge is 0.223 e. The van der Waals surface area contributed by atoms with E-state index >= 15 is 0 Å². The summed E-state index contributed by atoms with van der Waals surface area (Å²) in [5.41, 5.74) is 0. The van der Waals surface area contributed by atoms with Crippen molar-refractivity contribution in [3.05, 3.63) is 0 Å². The Morgan fingerprint density at radius 1 is 1.38 bits per heavy atom. The van der Waals surface area contributed by atoms with Crippen LogP contribution in [0.4, 0.5) is 0 Å². The van der Waals surface area contributed by atoms with Gasteiger partial charge in [0, 0.05) is 31.6 Å². The fourth-order valence-corrected chi connectivity index (χ4v) is 2.35. The van der Waals surface area contributed by atoms with Crippen LogP contribution in [0.2, 0.25) is 0 Å². The zero-order chi connectivity index (χ0) is 12.1. The van der Waals surface area contributed by atoms with Gasteiger partial charge >= 0.3 is 0 Å². The Morgan fingerprint density at radius 3 is 2.56 bits per heavy atom. The molecule has 3 heteroatoms. The highest BCUT2D eigenvalue weighted by Gasteiger charge is 2.28. The minimum Gasteiger partial charge on any atom is -0.337 e. The third-order valence-corrected chi connectivity index (χ3v) is 3.97. The topological polar surface area (TPSA) is 32.3 Å². The lowest BCUT2D eigenvalue weighted by Gasteiger charge is -2.39. The number of nitrogens with zero attached hydrogens (tertiary/aromatic N) is 1. The van der Waals surface area contributed by atoms with Crippen molar-refractivity contribution in [3.8, 4) is 0 Å². The van der Waals surface area contributed by atoms with Gasteiger partial charge in [0.2, 0.25) is 5.91 Å². The van der Waals surface area contributed by atoms with E-state index in [1.54, 1.807) is 0 Å². The maximum Gasteiger partial charge on any atom is 0.223 e. The summed E-state index contributed by atoms with van der Waals surface area (Å²) in [6.07, 6.45) is 2.95. The predicted octanol–water partition coefficient (Wildman–Crippen LogP) is 2.02. The first-order valence-electron chi connectivity index (χ1n) is 6.62. The van der Waals surface area contributed by atoms with Crippen LogP contribution in [0.25, 0.3) is 0 Å². The minimum atomic E-state index is 0.329. The van der Waals surface area contributed by atoms with E-state index in [1.807, 2.05) is 0 Å². The SMILES string of the molecule is CCC(CC)CC(=O)N1CCNC(C)C1C. The van der Waals surface area contributed by atoms with Gasteiger partial charge in [-0.2, -0.15) is 0 Å². The minimum absolute atomic E-state index is 0.329. The molecule has 94 valence electrons. The fraction of sp³-hybridized carbons (Fsp3) is 0.923. The van der Waals surface area contributed by atoms with Gasteiger partial charge in [0.05, 0.1) is 0 Å². The van der Waals surface area contributed by atoms with Crippen molar-refractivity contribution in [2.24, 2.45) is 5.92 Å². The third-order valence-electron chi connectivity index (χ3n) is 3.97. The molecule has 1 aliphatic heterocycles.